The van der Waals surface area contributed by atoms with E-state index in [1.165, 1.54) is 17.0 Å². The fourth-order valence-electron chi connectivity index (χ4n) is 3.29. The van der Waals surface area contributed by atoms with E-state index in [0.717, 1.165) is 10.4 Å². The molecule has 3 rings (SSSR count). The predicted octanol–water partition coefficient (Wildman–Crippen LogP) is 6.40. The summed E-state index contributed by atoms with van der Waals surface area (Å²) in [7, 11) is 0. The number of urea groups is 1. The van der Waals surface area contributed by atoms with E-state index in [0.29, 0.717) is 30.2 Å². The standard InChI is InChI=1S/C25H27ClFN3O2S/c1-3-18(2)30(25(32)28-22-7-4-6-20(26)14-22)17-24(31)29(16-23-8-5-13-33-23)15-19-9-11-21(27)12-10-19/h4-14,18H,3,15-17H2,1-2H3,(H,28,32). The molecule has 0 spiro atoms. The maximum atomic E-state index is 13.4. The lowest BCUT2D eigenvalue weighted by atomic mass is 10.2. The number of anilines is 1. The molecule has 2 aromatic carbocycles. The first kappa shape index (κ1) is 24.7. The Balaban J connectivity index is 1.77. The van der Waals surface area contributed by atoms with Crippen LogP contribution in [0.5, 0.6) is 0 Å². The largest absolute Gasteiger partial charge is 0.332 e. The Hall–Kier alpha value is -2.90. The minimum atomic E-state index is -0.363. The molecule has 1 atom stereocenters. The molecule has 0 saturated heterocycles. The molecule has 0 aliphatic carbocycles. The van der Waals surface area contributed by atoms with Crippen molar-refractivity contribution in [2.75, 3.05) is 11.9 Å². The van der Waals surface area contributed by atoms with E-state index in [9.17, 15) is 14.0 Å². The molecule has 1 aromatic heterocycles. The van der Waals surface area contributed by atoms with E-state index in [1.807, 2.05) is 31.4 Å². The van der Waals surface area contributed by atoms with Crippen LogP contribution in [0, 0.1) is 5.82 Å². The summed E-state index contributed by atoms with van der Waals surface area (Å²) in [6.45, 7) is 4.54. The van der Waals surface area contributed by atoms with E-state index >= 15 is 0 Å². The third-order valence-corrected chi connectivity index (χ3v) is 6.43. The minimum Gasteiger partial charge on any atom is -0.332 e. The van der Waals surface area contributed by atoms with Gasteiger partial charge in [0.05, 0.1) is 6.54 Å². The van der Waals surface area contributed by atoms with Crippen molar-refractivity contribution in [1.29, 1.82) is 0 Å². The number of thiophene rings is 1. The second-order valence-electron chi connectivity index (χ2n) is 7.78. The molecular weight excluding hydrogens is 461 g/mol. The third-order valence-electron chi connectivity index (χ3n) is 5.33. The number of hydrogen-bond acceptors (Lipinski definition) is 3. The van der Waals surface area contributed by atoms with Crippen molar-refractivity contribution >= 4 is 40.6 Å². The summed E-state index contributed by atoms with van der Waals surface area (Å²) in [5.41, 5.74) is 1.38. The average molecular weight is 488 g/mol. The summed E-state index contributed by atoms with van der Waals surface area (Å²) >= 11 is 7.59. The highest BCUT2D eigenvalue weighted by Crippen LogP contribution is 2.18. The van der Waals surface area contributed by atoms with Crippen LogP contribution in [0.15, 0.2) is 66.0 Å². The van der Waals surface area contributed by atoms with Crippen LogP contribution in [0.4, 0.5) is 14.9 Å². The lowest BCUT2D eigenvalue weighted by Gasteiger charge is -2.31. The molecule has 5 nitrogen and oxygen atoms in total. The number of carbonyl (C=O) groups is 2. The summed E-state index contributed by atoms with van der Waals surface area (Å²) in [6, 6.07) is 16.4. The van der Waals surface area contributed by atoms with Crippen LogP contribution in [0.1, 0.15) is 30.7 Å². The Morgan fingerprint density at radius 1 is 1.09 bits per heavy atom. The zero-order valence-corrected chi connectivity index (χ0v) is 20.2. The van der Waals surface area contributed by atoms with Crippen molar-refractivity contribution in [3.8, 4) is 0 Å². The maximum Gasteiger partial charge on any atom is 0.322 e. The molecule has 8 heteroatoms. The summed E-state index contributed by atoms with van der Waals surface area (Å²) in [5.74, 6) is -0.509. The predicted molar refractivity (Wildman–Crippen MR) is 132 cm³/mol. The third kappa shape index (κ3) is 7.30. The number of nitrogens with zero attached hydrogens (tertiary/aromatic N) is 2. The van der Waals surface area contributed by atoms with Crippen molar-refractivity contribution in [2.45, 2.75) is 39.4 Å². The van der Waals surface area contributed by atoms with Crippen LogP contribution in [-0.4, -0.2) is 34.3 Å². The molecule has 1 heterocycles. The van der Waals surface area contributed by atoms with Crippen molar-refractivity contribution in [3.63, 3.8) is 0 Å². The van der Waals surface area contributed by atoms with Crippen LogP contribution < -0.4 is 5.32 Å². The Kier molecular flexibility index (Phi) is 8.86. The molecule has 3 amide bonds. The van der Waals surface area contributed by atoms with Crippen molar-refractivity contribution in [2.24, 2.45) is 0 Å². The molecule has 33 heavy (non-hydrogen) atoms. The van der Waals surface area contributed by atoms with Crippen LogP contribution in [0.2, 0.25) is 5.02 Å². The molecule has 0 bridgehead atoms. The lowest BCUT2D eigenvalue weighted by Crippen LogP contribution is -2.47. The summed E-state index contributed by atoms with van der Waals surface area (Å²) in [5, 5.41) is 5.31. The van der Waals surface area contributed by atoms with E-state index in [1.54, 1.807) is 52.6 Å². The van der Waals surface area contributed by atoms with Gasteiger partial charge in [-0.25, -0.2) is 9.18 Å². The van der Waals surface area contributed by atoms with Gasteiger partial charge >= 0.3 is 6.03 Å². The second kappa shape index (κ2) is 11.8. The molecular formula is C25H27ClFN3O2S. The van der Waals surface area contributed by atoms with Gasteiger partial charge in [0, 0.05) is 28.2 Å². The number of halogens is 2. The van der Waals surface area contributed by atoms with Gasteiger partial charge in [-0.15, -0.1) is 11.3 Å². The highest BCUT2D eigenvalue weighted by Gasteiger charge is 2.25. The monoisotopic (exact) mass is 487 g/mol. The number of amides is 3. The topological polar surface area (TPSA) is 52.7 Å². The first-order valence-electron chi connectivity index (χ1n) is 10.7. The first-order chi connectivity index (χ1) is 15.9. The number of carbonyl (C=O) groups excluding carboxylic acids is 2. The molecule has 3 aromatic rings. The Bertz CT molecular complexity index is 1060. The summed E-state index contributed by atoms with van der Waals surface area (Å²) in [4.78, 5) is 30.7. The SMILES string of the molecule is CCC(C)N(CC(=O)N(Cc1ccc(F)cc1)Cc1cccs1)C(=O)Nc1cccc(Cl)c1. The number of benzene rings is 2. The molecule has 1 N–H and O–H groups in total. The summed E-state index contributed by atoms with van der Waals surface area (Å²) in [6.07, 6.45) is 0.694. The van der Waals surface area contributed by atoms with E-state index in [2.05, 4.69) is 5.32 Å². The zero-order valence-electron chi connectivity index (χ0n) is 18.6. The normalized spacial score (nSPS) is 11.6. The fraction of sp³-hybridized carbons (Fsp3) is 0.280. The molecule has 174 valence electrons. The van der Waals surface area contributed by atoms with Crippen molar-refractivity contribution < 1.29 is 14.0 Å². The zero-order chi connectivity index (χ0) is 23.8. The Labute approximate surface area is 202 Å². The number of hydrogen-bond donors (Lipinski definition) is 1. The van der Waals surface area contributed by atoms with Gasteiger partial charge in [0.15, 0.2) is 0 Å². The van der Waals surface area contributed by atoms with Crippen LogP contribution in [0.25, 0.3) is 0 Å². The van der Waals surface area contributed by atoms with Gasteiger partial charge in [0.2, 0.25) is 5.91 Å². The van der Waals surface area contributed by atoms with Gasteiger partial charge in [0.1, 0.15) is 12.4 Å². The Morgan fingerprint density at radius 3 is 2.48 bits per heavy atom. The van der Waals surface area contributed by atoms with E-state index in [-0.39, 0.29) is 30.3 Å². The minimum absolute atomic E-state index is 0.0754. The van der Waals surface area contributed by atoms with Crippen LogP contribution in [-0.2, 0) is 17.9 Å². The molecule has 0 radical (unpaired) electrons. The first-order valence-corrected chi connectivity index (χ1v) is 12.0. The van der Waals surface area contributed by atoms with Gasteiger partial charge in [-0.2, -0.15) is 0 Å². The van der Waals surface area contributed by atoms with Crippen LogP contribution >= 0.6 is 22.9 Å². The Morgan fingerprint density at radius 2 is 1.85 bits per heavy atom. The van der Waals surface area contributed by atoms with E-state index < -0.39 is 0 Å². The molecule has 1 unspecified atom stereocenters. The van der Waals surface area contributed by atoms with Gasteiger partial charge in [-0.3, -0.25) is 4.79 Å². The van der Waals surface area contributed by atoms with Crippen molar-refractivity contribution in [1.82, 2.24) is 9.80 Å². The molecule has 0 fully saturated rings. The van der Waals surface area contributed by atoms with Gasteiger partial charge < -0.3 is 15.1 Å². The second-order valence-corrected chi connectivity index (χ2v) is 9.25. The number of rotatable bonds is 9. The molecule has 0 saturated carbocycles. The average Bonchev–Trinajstić information content (AvgIpc) is 3.31. The quantitative estimate of drug-likeness (QED) is 0.379. The summed E-state index contributed by atoms with van der Waals surface area (Å²) < 4.78 is 13.3. The number of nitrogens with one attached hydrogen (secondary N) is 1. The lowest BCUT2D eigenvalue weighted by molar-refractivity contribution is -0.133. The van der Waals surface area contributed by atoms with Gasteiger partial charge in [-0.05, 0) is 60.7 Å². The molecule has 0 aliphatic rings. The van der Waals surface area contributed by atoms with Gasteiger partial charge in [-0.1, -0.05) is 42.8 Å². The smallest absolute Gasteiger partial charge is 0.322 e. The van der Waals surface area contributed by atoms with E-state index in [4.69, 9.17) is 11.6 Å². The highest BCUT2D eigenvalue weighted by atomic mass is 35.5. The van der Waals surface area contributed by atoms with Crippen LogP contribution in [0.3, 0.4) is 0 Å². The fourth-order valence-corrected chi connectivity index (χ4v) is 4.20. The maximum absolute atomic E-state index is 13.4. The van der Waals surface area contributed by atoms with Crippen molar-refractivity contribution in [3.05, 3.63) is 87.3 Å². The molecule has 0 aliphatic heterocycles. The highest BCUT2D eigenvalue weighted by molar-refractivity contribution is 7.09. The van der Waals surface area contributed by atoms with Gasteiger partial charge in [0.25, 0.3) is 0 Å².